The van der Waals surface area contributed by atoms with Gasteiger partial charge in [0.15, 0.2) is 5.03 Å². The molecular formula is C12H16N4O2S. The summed E-state index contributed by atoms with van der Waals surface area (Å²) in [6, 6.07) is 4.66. The third-order valence-corrected chi connectivity index (χ3v) is 4.42. The summed E-state index contributed by atoms with van der Waals surface area (Å²) in [7, 11) is -3.63. The number of sulfonamides is 1. The monoisotopic (exact) mass is 280 g/mol. The van der Waals surface area contributed by atoms with Crippen molar-refractivity contribution in [3.05, 3.63) is 23.9 Å². The van der Waals surface area contributed by atoms with Crippen molar-refractivity contribution in [2.24, 2.45) is 5.92 Å². The number of nitrogens with one attached hydrogen (secondary N) is 2. The van der Waals surface area contributed by atoms with E-state index < -0.39 is 10.0 Å². The molecule has 2 heterocycles. The van der Waals surface area contributed by atoms with E-state index >= 15 is 0 Å². The van der Waals surface area contributed by atoms with Crippen molar-refractivity contribution in [3.63, 3.8) is 0 Å². The predicted molar refractivity (Wildman–Crippen MR) is 69.7 cm³/mol. The molecule has 6 nitrogen and oxygen atoms in total. The minimum Gasteiger partial charge on any atom is -0.316 e. The lowest BCUT2D eigenvalue weighted by Crippen LogP contribution is -2.38. The summed E-state index contributed by atoms with van der Waals surface area (Å²) in [5.41, 5.74) is 0.287. The molecule has 1 unspecified atom stereocenters. The summed E-state index contributed by atoms with van der Waals surface area (Å²) in [5.74, 6) is 0.308. The maximum Gasteiger partial charge on any atom is 0.258 e. The minimum absolute atomic E-state index is 0.102. The average Bonchev–Trinajstić information content (AvgIpc) is 2.46. The fourth-order valence-electron chi connectivity index (χ4n) is 2.03. The van der Waals surface area contributed by atoms with E-state index in [2.05, 4.69) is 15.0 Å². The zero-order chi connectivity index (χ0) is 13.7. The van der Waals surface area contributed by atoms with Gasteiger partial charge in [0.2, 0.25) is 0 Å². The van der Waals surface area contributed by atoms with Crippen LogP contribution in [-0.2, 0) is 10.0 Å². The van der Waals surface area contributed by atoms with Crippen LogP contribution in [0.25, 0.3) is 0 Å². The van der Waals surface area contributed by atoms with Gasteiger partial charge in [-0.1, -0.05) is 0 Å². The minimum atomic E-state index is -3.63. The van der Waals surface area contributed by atoms with Gasteiger partial charge in [-0.25, -0.2) is 18.1 Å². The molecule has 2 N–H and O–H groups in total. The van der Waals surface area contributed by atoms with Crippen molar-refractivity contribution in [2.45, 2.75) is 17.9 Å². The van der Waals surface area contributed by atoms with Gasteiger partial charge in [0.25, 0.3) is 10.0 Å². The summed E-state index contributed by atoms with van der Waals surface area (Å²) in [5, 5.41) is 11.9. The van der Waals surface area contributed by atoms with Crippen LogP contribution in [0.4, 0.5) is 0 Å². The van der Waals surface area contributed by atoms with Gasteiger partial charge in [-0.05, 0) is 44.0 Å². The van der Waals surface area contributed by atoms with E-state index in [9.17, 15) is 8.42 Å². The van der Waals surface area contributed by atoms with Crippen molar-refractivity contribution in [1.82, 2.24) is 15.0 Å². The van der Waals surface area contributed by atoms with Gasteiger partial charge >= 0.3 is 0 Å². The number of nitrogens with zero attached hydrogens (tertiary/aromatic N) is 2. The van der Waals surface area contributed by atoms with Crippen molar-refractivity contribution >= 4 is 10.0 Å². The van der Waals surface area contributed by atoms with Crippen LogP contribution in [0.3, 0.4) is 0 Å². The number of nitriles is 1. The molecule has 1 aliphatic rings. The van der Waals surface area contributed by atoms with Gasteiger partial charge in [-0.2, -0.15) is 5.26 Å². The highest BCUT2D eigenvalue weighted by atomic mass is 32.2. The van der Waals surface area contributed by atoms with Gasteiger partial charge < -0.3 is 5.32 Å². The van der Waals surface area contributed by atoms with Crippen LogP contribution in [-0.4, -0.2) is 33.0 Å². The molecule has 0 amide bonds. The van der Waals surface area contributed by atoms with Crippen LogP contribution in [0, 0.1) is 17.2 Å². The Bertz CT molecular complexity index is 574. The average molecular weight is 280 g/mol. The van der Waals surface area contributed by atoms with Crippen LogP contribution in [0.15, 0.2) is 23.4 Å². The summed E-state index contributed by atoms with van der Waals surface area (Å²) < 4.78 is 26.6. The van der Waals surface area contributed by atoms with E-state index in [1.54, 1.807) is 0 Å². The number of hydrogen-bond donors (Lipinski definition) is 2. The second-order valence-electron chi connectivity index (χ2n) is 4.56. The smallest absolute Gasteiger partial charge is 0.258 e. The quantitative estimate of drug-likeness (QED) is 0.823. The highest BCUT2D eigenvalue weighted by molar-refractivity contribution is 7.89. The van der Waals surface area contributed by atoms with E-state index in [0.717, 1.165) is 25.9 Å². The van der Waals surface area contributed by atoms with Crippen molar-refractivity contribution in [2.75, 3.05) is 19.6 Å². The molecule has 0 radical (unpaired) electrons. The molecule has 0 bridgehead atoms. The Hall–Kier alpha value is -1.49. The number of hydrogen-bond acceptors (Lipinski definition) is 5. The molecule has 1 aliphatic heterocycles. The molecule has 1 atom stereocenters. The predicted octanol–water partition coefficient (Wildman–Crippen LogP) is 0.231. The molecule has 1 aromatic rings. The maximum absolute atomic E-state index is 12.0. The van der Waals surface area contributed by atoms with Crippen molar-refractivity contribution in [3.8, 4) is 6.07 Å². The summed E-state index contributed by atoms with van der Waals surface area (Å²) >= 11 is 0. The van der Waals surface area contributed by atoms with Crippen LogP contribution in [0.5, 0.6) is 0 Å². The summed E-state index contributed by atoms with van der Waals surface area (Å²) in [6.45, 7) is 2.22. The first-order valence-electron chi connectivity index (χ1n) is 6.18. The fourth-order valence-corrected chi connectivity index (χ4v) is 3.11. The SMILES string of the molecule is N#Cc1ccnc(S(=O)(=O)NCC2CCCNC2)c1. The number of pyridine rings is 1. The Kier molecular flexibility index (Phi) is 4.47. The van der Waals surface area contributed by atoms with Gasteiger partial charge in [0.05, 0.1) is 11.6 Å². The highest BCUT2D eigenvalue weighted by Crippen LogP contribution is 2.11. The van der Waals surface area contributed by atoms with E-state index in [4.69, 9.17) is 5.26 Å². The second kappa shape index (κ2) is 6.10. The molecule has 1 fully saturated rings. The lowest BCUT2D eigenvalue weighted by molar-refractivity contribution is 0.375. The van der Waals surface area contributed by atoms with Crippen LogP contribution >= 0.6 is 0 Å². The molecule has 1 aromatic heterocycles. The Morgan fingerprint density at radius 2 is 2.42 bits per heavy atom. The molecule has 2 rings (SSSR count). The highest BCUT2D eigenvalue weighted by Gasteiger charge is 2.19. The van der Waals surface area contributed by atoms with Gasteiger partial charge in [-0.3, -0.25) is 0 Å². The third kappa shape index (κ3) is 3.73. The largest absolute Gasteiger partial charge is 0.316 e. The van der Waals surface area contributed by atoms with Gasteiger partial charge in [0.1, 0.15) is 0 Å². The second-order valence-corrected chi connectivity index (χ2v) is 6.27. The van der Waals surface area contributed by atoms with E-state index in [1.807, 2.05) is 6.07 Å². The number of aromatic nitrogens is 1. The maximum atomic E-state index is 12.0. The first-order chi connectivity index (χ1) is 9.12. The fraction of sp³-hybridized carbons (Fsp3) is 0.500. The molecule has 0 aromatic carbocycles. The lowest BCUT2D eigenvalue weighted by atomic mass is 10.0. The molecule has 0 aliphatic carbocycles. The summed E-state index contributed by atoms with van der Waals surface area (Å²) in [6.07, 6.45) is 3.41. The van der Waals surface area contributed by atoms with E-state index in [1.165, 1.54) is 18.3 Å². The van der Waals surface area contributed by atoms with Crippen molar-refractivity contribution in [1.29, 1.82) is 5.26 Å². The lowest BCUT2D eigenvalue weighted by Gasteiger charge is -2.22. The van der Waals surface area contributed by atoms with E-state index in [-0.39, 0.29) is 10.6 Å². The first-order valence-corrected chi connectivity index (χ1v) is 7.66. The van der Waals surface area contributed by atoms with Crippen LogP contribution < -0.4 is 10.0 Å². The standard InChI is InChI=1S/C12H16N4O2S/c13-7-10-3-5-15-12(6-10)19(17,18)16-9-11-2-1-4-14-8-11/h3,5-6,11,14,16H,1-2,4,8-9H2. The molecule has 102 valence electrons. The first kappa shape index (κ1) is 13.9. The topological polar surface area (TPSA) is 94.9 Å². The number of rotatable bonds is 4. The molecule has 0 saturated carbocycles. The molecule has 7 heteroatoms. The number of piperidine rings is 1. The van der Waals surface area contributed by atoms with E-state index in [0.29, 0.717) is 12.5 Å². The summed E-state index contributed by atoms with van der Waals surface area (Å²) in [4.78, 5) is 3.81. The van der Waals surface area contributed by atoms with Crippen LogP contribution in [0.1, 0.15) is 18.4 Å². The zero-order valence-electron chi connectivity index (χ0n) is 10.5. The molecule has 1 saturated heterocycles. The van der Waals surface area contributed by atoms with Gasteiger partial charge in [0, 0.05) is 12.7 Å². The molecule has 0 spiro atoms. The normalized spacial score (nSPS) is 19.8. The molecular weight excluding hydrogens is 264 g/mol. The molecule has 19 heavy (non-hydrogen) atoms. The van der Waals surface area contributed by atoms with Crippen LogP contribution in [0.2, 0.25) is 0 Å². The Labute approximate surface area is 112 Å². The Morgan fingerprint density at radius 3 is 3.11 bits per heavy atom. The Balaban J connectivity index is 2.03. The van der Waals surface area contributed by atoms with Gasteiger partial charge in [-0.15, -0.1) is 0 Å². The zero-order valence-corrected chi connectivity index (χ0v) is 11.3. The Morgan fingerprint density at radius 1 is 1.58 bits per heavy atom. The van der Waals surface area contributed by atoms with Crippen molar-refractivity contribution < 1.29 is 8.42 Å². The third-order valence-electron chi connectivity index (χ3n) is 3.10.